The lowest BCUT2D eigenvalue weighted by molar-refractivity contribution is -0.138. The van der Waals surface area contributed by atoms with Crippen molar-refractivity contribution in [1.82, 2.24) is 20.5 Å². The number of nitrogens with zero attached hydrogens (tertiary/aromatic N) is 2. The van der Waals surface area contributed by atoms with Crippen molar-refractivity contribution >= 4 is 44.7 Å². The summed E-state index contributed by atoms with van der Waals surface area (Å²) in [6.45, 7) is 1.15. The number of benzene rings is 2. The summed E-state index contributed by atoms with van der Waals surface area (Å²) in [7, 11) is -3.99. The molecule has 2 aromatic carbocycles. The van der Waals surface area contributed by atoms with Crippen LogP contribution < -0.4 is 15.8 Å². The number of carbonyl (C=O) groups is 3. The van der Waals surface area contributed by atoms with E-state index in [-0.39, 0.29) is 23.6 Å². The molecule has 1 saturated heterocycles. The summed E-state index contributed by atoms with van der Waals surface area (Å²) in [6, 6.07) is 9.73. The van der Waals surface area contributed by atoms with E-state index in [2.05, 4.69) is 15.6 Å². The van der Waals surface area contributed by atoms with Gasteiger partial charge in [-0.15, -0.1) is 0 Å². The maximum Gasteiger partial charge on any atom is 0.270 e. The van der Waals surface area contributed by atoms with Gasteiger partial charge in [-0.3, -0.25) is 14.4 Å². The zero-order valence-corrected chi connectivity index (χ0v) is 24.2. The van der Waals surface area contributed by atoms with Gasteiger partial charge in [-0.05, 0) is 73.2 Å². The fourth-order valence-electron chi connectivity index (χ4n) is 5.08. The number of sulfonamides is 1. The first-order valence-corrected chi connectivity index (χ1v) is 15.4. The molecular formula is C30H32FN5O6S. The average Bonchev–Trinajstić information content (AvgIpc) is 3.72. The van der Waals surface area contributed by atoms with E-state index in [1.165, 1.54) is 41.3 Å². The van der Waals surface area contributed by atoms with Gasteiger partial charge >= 0.3 is 0 Å². The molecule has 1 aromatic heterocycles. The van der Waals surface area contributed by atoms with E-state index in [0.717, 1.165) is 18.4 Å². The Morgan fingerprint density at radius 1 is 1.16 bits per heavy atom. The Balaban J connectivity index is 1.26. The zero-order chi connectivity index (χ0) is 30.9. The minimum atomic E-state index is -3.99. The first kappa shape index (κ1) is 30.3. The second kappa shape index (κ2) is 12.2. The largest absolute Gasteiger partial charge is 0.391 e. The van der Waals surface area contributed by atoms with Crippen molar-refractivity contribution in [3.8, 4) is 0 Å². The second-order valence-corrected chi connectivity index (χ2v) is 12.5. The van der Waals surface area contributed by atoms with Gasteiger partial charge in [-0.1, -0.05) is 24.3 Å². The highest BCUT2D eigenvalue weighted by atomic mass is 32.2. The molecule has 3 aromatic rings. The highest BCUT2D eigenvalue weighted by Crippen LogP contribution is 2.32. The molecule has 3 amide bonds. The van der Waals surface area contributed by atoms with Crippen molar-refractivity contribution < 1.29 is 32.3 Å². The lowest BCUT2D eigenvalue weighted by Gasteiger charge is -2.26. The number of amides is 3. The molecule has 1 aliphatic carbocycles. The number of nitrogens with two attached hydrogens (primary N) is 1. The highest BCUT2D eigenvalue weighted by molar-refractivity contribution is 7.89. The third-order valence-electron chi connectivity index (χ3n) is 7.57. The smallest absolute Gasteiger partial charge is 0.270 e. The summed E-state index contributed by atoms with van der Waals surface area (Å²) < 4.78 is 37.4. The molecule has 226 valence electrons. The number of aliphatic hydroxyl groups is 1. The molecular weight excluding hydrogens is 577 g/mol. The van der Waals surface area contributed by atoms with Crippen LogP contribution in [0.15, 0.2) is 59.5 Å². The van der Waals surface area contributed by atoms with Crippen LogP contribution in [0.5, 0.6) is 0 Å². The van der Waals surface area contributed by atoms with Gasteiger partial charge in [0.2, 0.25) is 21.8 Å². The highest BCUT2D eigenvalue weighted by Gasteiger charge is 2.39. The quantitative estimate of drug-likeness (QED) is 0.287. The number of carbonyl (C=O) groups excluding carboxylic acids is 3. The van der Waals surface area contributed by atoms with Crippen LogP contribution in [0.3, 0.4) is 0 Å². The Morgan fingerprint density at radius 2 is 1.93 bits per heavy atom. The first-order chi connectivity index (χ1) is 20.4. The van der Waals surface area contributed by atoms with Crippen molar-refractivity contribution in [2.45, 2.75) is 49.3 Å². The number of β-amino-alcohol motifs (C(OH)–C–C–N with tert-alkyl or cyclic N) is 1. The first-order valence-electron chi connectivity index (χ1n) is 13.9. The molecule has 0 bridgehead atoms. The predicted molar refractivity (Wildman–Crippen MR) is 156 cm³/mol. The Labute approximate surface area is 248 Å². The maximum absolute atomic E-state index is 13.4. The number of halogens is 1. The van der Waals surface area contributed by atoms with E-state index in [4.69, 9.17) is 5.14 Å². The predicted octanol–water partition coefficient (Wildman–Crippen LogP) is 2.01. The van der Waals surface area contributed by atoms with Crippen LogP contribution in [0.1, 0.15) is 53.8 Å². The number of hydrogen-bond acceptors (Lipinski definition) is 7. The van der Waals surface area contributed by atoms with Crippen molar-refractivity contribution in [3.63, 3.8) is 0 Å². The number of rotatable bonds is 9. The van der Waals surface area contributed by atoms with E-state index < -0.39 is 58.3 Å². The zero-order valence-electron chi connectivity index (χ0n) is 23.4. The number of aliphatic hydroxyl groups excluding tert-OH is 1. The summed E-state index contributed by atoms with van der Waals surface area (Å²) in [5.74, 6) is -1.70. The molecule has 0 radical (unpaired) electrons. The van der Waals surface area contributed by atoms with Crippen LogP contribution in [0.2, 0.25) is 0 Å². The SMILES string of the molecule is C[C@H](NC(=O)[C@@H]1C[C@@H](O)CN1C(=O)CNC(=O)c1ccc2cc(F)ccc2n1)c1cc(S(N)(=O)=O)ccc1/C=C/C1CC1. The fourth-order valence-corrected chi connectivity index (χ4v) is 5.63. The van der Waals surface area contributed by atoms with Crippen LogP contribution in [0.4, 0.5) is 4.39 Å². The topological polar surface area (TPSA) is 172 Å². The Hall–Kier alpha value is -4.20. The van der Waals surface area contributed by atoms with Crippen molar-refractivity contribution in [2.24, 2.45) is 11.1 Å². The van der Waals surface area contributed by atoms with Gasteiger partial charge in [0.1, 0.15) is 17.6 Å². The molecule has 5 N–H and O–H groups in total. The standard InChI is InChI=1S/C30H32FN5O6S/c1-17(24-14-23(43(32,41)42)9-6-19(24)5-4-18-2-3-18)34-30(40)27-13-22(37)16-36(27)28(38)15-33-29(39)26-10-7-20-12-21(31)8-11-25(20)35-26/h4-12,14,17-18,22,27,37H,2-3,13,15-16H2,1H3,(H,33,39)(H,34,40)(H2,32,41,42)/b5-4+/t17-,22+,27-/m0/s1. The van der Waals surface area contributed by atoms with Crippen LogP contribution in [0, 0.1) is 11.7 Å². The molecule has 2 heterocycles. The van der Waals surface area contributed by atoms with Crippen molar-refractivity contribution in [1.29, 1.82) is 0 Å². The van der Waals surface area contributed by atoms with E-state index >= 15 is 0 Å². The number of nitrogens with one attached hydrogen (secondary N) is 2. The van der Waals surface area contributed by atoms with Gasteiger partial charge in [0, 0.05) is 18.4 Å². The van der Waals surface area contributed by atoms with Gasteiger partial charge < -0.3 is 20.6 Å². The Bertz CT molecular complexity index is 1730. The maximum atomic E-state index is 13.4. The van der Waals surface area contributed by atoms with E-state index in [9.17, 15) is 32.3 Å². The lowest BCUT2D eigenvalue weighted by Crippen LogP contribution is -2.49. The molecule has 1 aliphatic heterocycles. The molecule has 13 heteroatoms. The fraction of sp³-hybridized carbons (Fsp3) is 0.333. The number of primary sulfonamides is 1. The molecule has 0 spiro atoms. The van der Waals surface area contributed by atoms with Gasteiger partial charge in [-0.25, -0.2) is 22.9 Å². The second-order valence-electron chi connectivity index (χ2n) is 10.9. The number of allylic oxidation sites excluding steroid dienone is 1. The molecule has 2 aliphatic rings. The van der Waals surface area contributed by atoms with Crippen LogP contribution in [0.25, 0.3) is 17.0 Å². The number of hydrogen-bond donors (Lipinski definition) is 4. The molecule has 43 heavy (non-hydrogen) atoms. The van der Waals surface area contributed by atoms with Gasteiger partial charge in [-0.2, -0.15) is 0 Å². The average molecular weight is 610 g/mol. The molecule has 0 unspecified atom stereocenters. The van der Waals surface area contributed by atoms with Crippen LogP contribution in [-0.2, 0) is 19.6 Å². The van der Waals surface area contributed by atoms with Crippen molar-refractivity contribution in [3.05, 3.63) is 77.2 Å². The molecule has 2 fully saturated rings. The summed E-state index contributed by atoms with van der Waals surface area (Å²) in [6.07, 6.45) is 5.15. The number of fused-ring (bicyclic) bond motifs is 1. The summed E-state index contributed by atoms with van der Waals surface area (Å²) in [5.41, 5.74) is 1.70. The molecule has 5 rings (SSSR count). The third-order valence-corrected chi connectivity index (χ3v) is 8.48. The van der Waals surface area contributed by atoms with Crippen molar-refractivity contribution in [2.75, 3.05) is 13.1 Å². The minimum Gasteiger partial charge on any atom is -0.391 e. The number of likely N-dealkylation sites (tertiary alicyclic amines) is 1. The van der Waals surface area contributed by atoms with Gasteiger partial charge in [0.05, 0.1) is 29.1 Å². The minimum absolute atomic E-state index is 0.00725. The normalized spacial score (nSPS) is 19.5. The summed E-state index contributed by atoms with van der Waals surface area (Å²) in [4.78, 5) is 44.4. The summed E-state index contributed by atoms with van der Waals surface area (Å²) in [5, 5.41) is 21.5. The van der Waals surface area contributed by atoms with E-state index in [0.29, 0.717) is 22.4 Å². The van der Waals surface area contributed by atoms with Gasteiger partial charge in [0.15, 0.2) is 0 Å². The summed E-state index contributed by atoms with van der Waals surface area (Å²) >= 11 is 0. The number of pyridine rings is 1. The van der Waals surface area contributed by atoms with E-state index in [1.807, 2.05) is 12.2 Å². The molecule has 11 nitrogen and oxygen atoms in total. The lowest BCUT2D eigenvalue weighted by atomic mass is 10.00. The Kier molecular flexibility index (Phi) is 8.58. The van der Waals surface area contributed by atoms with Crippen LogP contribution >= 0.6 is 0 Å². The molecule has 3 atom stereocenters. The van der Waals surface area contributed by atoms with Gasteiger partial charge in [0.25, 0.3) is 5.91 Å². The third kappa shape index (κ3) is 7.24. The van der Waals surface area contributed by atoms with E-state index in [1.54, 1.807) is 19.1 Å². The monoisotopic (exact) mass is 609 g/mol. The number of aromatic nitrogens is 1. The Morgan fingerprint density at radius 3 is 2.65 bits per heavy atom. The van der Waals surface area contributed by atoms with Crippen LogP contribution in [-0.4, -0.2) is 66.4 Å². The molecule has 1 saturated carbocycles.